The Balaban J connectivity index is 2.66. The smallest absolute Gasteiger partial charge is 0.161 e. The number of hydrogen-bond acceptors (Lipinski definition) is 0. The average molecular weight is 327 g/mol. The predicted octanol–water partition coefficient (Wildman–Crippen LogP) is 6.00. The van der Waals surface area contributed by atoms with E-state index in [2.05, 4.69) is 58.0 Å². The fourth-order valence-electron chi connectivity index (χ4n) is 3.29. The maximum atomic E-state index is 7.06. The number of halogens is 1. The van der Waals surface area contributed by atoms with Crippen molar-refractivity contribution in [2.75, 3.05) is 0 Å². The van der Waals surface area contributed by atoms with Gasteiger partial charge in [0.05, 0.1) is 8.07 Å². The van der Waals surface area contributed by atoms with E-state index < -0.39 is 15.5 Å². The van der Waals surface area contributed by atoms with Gasteiger partial charge in [0.1, 0.15) is 0 Å². The summed E-state index contributed by atoms with van der Waals surface area (Å²) in [6.07, 6.45) is 1.35. The van der Waals surface area contributed by atoms with Gasteiger partial charge in [0.25, 0.3) is 0 Å². The molecule has 0 fully saturated rings. The Bertz CT molecular complexity index is 368. The Morgan fingerprint density at radius 1 is 0.800 bits per heavy atom. The summed E-state index contributed by atoms with van der Waals surface area (Å²) in [4.78, 5) is 0. The lowest BCUT2D eigenvalue weighted by atomic mass is 10.4. The molecule has 3 heteroatoms. The molecule has 1 rings (SSSR count). The summed E-state index contributed by atoms with van der Waals surface area (Å²) in [6.45, 7) is 9.49. The molecule has 0 saturated carbocycles. The van der Waals surface area contributed by atoms with Crippen LogP contribution in [-0.4, -0.2) is 15.5 Å². The molecule has 1 aromatic rings. The number of hydrogen-bond donors (Lipinski definition) is 0. The normalized spacial score (nSPS) is 15.1. The molecular formula is C17H31ClSi2. The molecule has 114 valence electrons. The van der Waals surface area contributed by atoms with Gasteiger partial charge in [-0.1, -0.05) is 88.6 Å². The van der Waals surface area contributed by atoms with Crippen LogP contribution in [-0.2, 0) is 0 Å². The van der Waals surface area contributed by atoms with Crippen molar-refractivity contribution in [3.63, 3.8) is 0 Å². The molecule has 0 N–H and O–H groups in total. The topological polar surface area (TPSA) is 0 Å². The minimum absolute atomic E-state index is 0.967. The van der Waals surface area contributed by atoms with Gasteiger partial charge >= 0.3 is 0 Å². The van der Waals surface area contributed by atoms with Gasteiger partial charge in [-0.2, -0.15) is 11.1 Å². The van der Waals surface area contributed by atoms with Gasteiger partial charge in [-0.05, 0) is 17.3 Å². The van der Waals surface area contributed by atoms with Crippen LogP contribution in [0.4, 0.5) is 0 Å². The standard InChI is InChI=1S/C17H31ClSi2/c1-5-19(6-2,7-3)15-12-16-20(18,8-4)17-13-10-9-11-14-17/h9-11,13-14H,5-8,12,15-16H2,1-4H3. The molecule has 0 amide bonds. The molecule has 20 heavy (non-hydrogen) atoms. The molecule has 0 aromatic heterocycles. The Morgan fingerprint density at radius 2 is 1.35 bits per heavy atom. The molecule has 0 aliphatic carbocycles. The Hall–Kier alpha value is -0.0562. The Kier molecular flexibility index (Phi) is 7.56. The van der Waals surface area contributed by atoms with Crippen molar-refractivity contribution < 1.29 is 0 Å². The first-order chi connectivity index (χ1) is 9.55. The van der Waals surface area contributed by atoms with E-state index in [4.69, 9.17) is 11.1 Å². The summed E-state index contributed by atoms with van der Waals surface area (Å²) in [5.41, 5.74) is 0. The van der Waals surface area contributed by atoms with E-state index in [1.807, 2.05) is 0 Å². The molecule has 0 aliphatic rings. The van der Waals surface area contributed by atoms with Crippen LogP contribution in [0.5, 0.6) is 0 Å². The highest BCUT2D eigenvalue weighted by molar-refractivity contribution is 7.27. The zero-order valence-electron chi connectivity index (χ0n) is 13.7. The van der Waals surface area contributed by atoms with Crippen molar-refractivity contribution in [2.24, 2.45) is 0 Å². The van der Waals surface area contributed by atoms with E-state index in [1.54, 1.807) is 0 Å². The summed E-state index contributed by atoms with van der Waals surface area (Å²) in [6, 6.07) is 19.0. The van der Waals surface area contributed by atoms with Gasteiger partial charge in [0, 0.05) is 0 Å². The maximum Gasteiger partial charge on any atom is 0.186 e. The first-order valence-electron chi connectivity index (χ1n) is 8.30. The SMILES string of the molecule is CC[Si](CC)(CC)CCC[Si](Cl)(CC)c1ccccc1. The summed E-state index contributed by atoms with van der Waals surface area (Å²) in [5.74, 6) is 0. The second-order valence-electron chi connectivity index (χ2n) is 6.10. The second kappa shape index (κ2) is 8.40. The highest BCUT2D eigenvalue weighted by Gasteiger charge is 2.32. The van der Waals surface area contributed by atoms with Gasteiger partial charge < -0.3 is 0 Å². The molecule has 1 atom stereocenters. The fraction of sp³-hybridized carbons (Fsp3) is 0.647. The van der Waals surface area contributed by atoms with E-state index in [-0.39, 0.29) is 0 Å². The van der Waals surface area contributed by atoms with Crippen molar-refractivity contribution in [1.82, 2.24) is 0 Å². The molecule has 0 nitrogen and oxygen atoms in total. The number of benzene rings is 1. The van der Waals surface area contributed by atoms with Crippen molar-refractivity contribution in [3.8, 4) is 0 Å². The van der Waals surface area contributed by atoms with Crippen LogP contribution in [0.25, 0.3) is 0 Å². The zero-order chi connectivity index (χ0) is 15.1. The van der Waals surface area contributed by atoms with E-state index in [0.717, 1.165) is 6.04 Å². The van der Waals surface area contributed by atoms with Crippen molar-refractivity contribution in [2.45, 2.75) is 70.4 Å². The molecule has 1 unspecified atom stereocenters. The highest BCUT2D eigenvalue weighted by atomic mass is 35.6. The second-order valence-corrected chi connectivity index (χ2v) is 17.6. The van der Waals surface area contributed by atoms with E-state index in [1.165, 1.54) is 41.8 Å². The predicted molar refractivity (Wildman–Crippen MR) is 99.6 cm³/mol. The van der Waals surface area contributed by atoms with Crippen LogP contribution >= 0.6 is 11.1 Å². The Morgan fingerprint density at radius 3 is 1.80 bits per heavy atom. The molecule has 0 saturated heterocycles. The molecule has 0 spiro atoms. The van der Waals surface area contributed by atoms with E-state index in [0.29, 0.717) is 0 Å². The summed E-state index contributed by atoms with van der Waals surface area (Å²) in [7, 11) is -2.71. The Labute approximate surface area is 132 Å². The van der Waals surface area contributed by atoms with Crippen LogP contribution in [0.2, 0.25) is 36.3 Å². The average Bonchev–Trinajstić information content (AvgIpc) is 2.52. The van der Waals surface area contributed by atoms with Gasteiger partial charge in [0.2, 0.25) is 0 Å². The molecular weight excluding hydrogens is 296 g/mol. The summed E-state index contributed by atoms with van der Waals surface area (Å²) in [5, 5.41) is 1.43. The van der Waals surface area contributed by atoms with Crippen LogP contribution in [0, 0.1) is 0 Å². The fourth-order valence-corrected chi connectivity index (χ4v) is 10.5. The third-order valence-electron chi connectivity index (χ3n) is 5.38. The van der Waals surface area contributed by atoms with Crippen LogP contribution in [0.3, 0.4) is 0 Å². The third kappa shape index (κ3) is 4.47. The van der Waals surface area contributed by atoms with Crippen LogP contribution < -0.4 is 5.19 Å². The third-order valence-corrected chi connectivity index (χ3v) is 17.0. The lowest BCUT2D eigenvalue weighted by molar-refractivity contribution is 0.972. The first-order valence-corrected chi connectivity index (χ1v) is 14.6. The molecule has 0 radical (unpaired) electrons. The first kappa shape index (κ1) is 18.0. The number of rotatable bonds is 9. The maximum absolute atomic E-state index is 7.06. The van der Waals surface area contributed by atoms with Crippen molar-refractivity contribution in [3.05, 3.63) is 30.3 Å². The summed E-state index contributed by atoms with van der Waals surface area (Å²) < 4.78 is 0. The zero-order valence-corrected chi connectivity index (χ0v) is 16.5. The molecule has 0 aliphatic heterocycles. The molecule has 0 heterocycles. The van der Waals surface area contributed by atoms with E-state index >= 15 is 0 Å². The van der Waals surface area contributed by atoms with Gasteiger partial charge in [-0.3, -0.25) is 0 Å². The van der Waals surface area contributed by atoms with Crippen LogP contribution in [0.15, 0.2) is 30.3 Å². The van der Waals surface area contributed by atoms with Gasteiger partial charge in [0.15, 0.2) is 7.38 Å². The van der Waals surface area contributed by atoms with Crippen molar-refractivity contribution in [1.29, 1.82) is 0 Å². The van der Waals surface area contributed by atoms with Crippen LogP contribution in [0.1, 0.15) is 34.1 Å². The van der Waals surface area contributed by atoms with Gasteiger partial charge in [-0.15, -0.1) is 0 Å². The highest BCUT2D eigenvalue weighted by Crippen LogP contribution is 2.31. The minimum Gasteiger partial charge on any atom is -0.161 e. The van der Waals surface area contributed by atoms with Gasteiger partial charge in [-0.25, -0.2) is 0 Å². The molecule has 1 aromatic carbocycles. The molecule has 0 bridgehead atoms. The van der Waals surface area contributed by atoms with E-state index in [9.17, 15) is 0 Å². The monoisotopic (exact) mass is 326 g/mol. The minimum atomic E-state index is -1.74. The quantitative estimate of drug-likeness (QED) is 0.386. The summed E-state index contributed by atoms with van der Waals surface area (Å²) >= 11 is 7.06. The van der Waals surface area contributed by atoms with Crippen molar-refractivity contribution >= 4 is 31.7 Å². The lowest BCUT2D eigenvalue weighted by Crippen LogP contribution is -2.42. The largest absolute Gasteiger partial charge is 0.186 e. The lowest BCUT2D eigenvalue weighted by Gasteiger charge is -2.30.